The summed E-state index contributed by atoms with van der Waals surface area (Å²) in [6, 6.07) is 0.771. The summed E-state index contributed by atoms with van der Waals surface area (Å²) in [6.45, 7) is 7.79. The molecule has 1 aromatic rings. The second kappa shape index (κ2) is 6.69. The van der Waals surface area contributed by atoms with Crippen LogP contribution in [0.3, 0.4) is 0 Å². The Hall–Kier alpha value is -1.63. The van der Waals surface area contributed by atoms with Gasteiger partial charge in [0.05, 0.1) is 6.61 Å². The van der Waals surface area contributed by atoms with Crippen LogP contribution in [-0.2, 0) is 0 Å². The quantitative estimate of drug-likeness (QED) is 0.857. The molecule has 1 aliphatic heterocycles. The van der Waals surface area contributed by atoms with E-state index in [1.54, 1.807) is 7.05 Å². The molecule has 7 nitrogen and oxygen atoms in total. The first kappa shape index (κ1) is 14.8. The molecule has 1 N–H and O–H groups in total. The highest BCUT2D eigenvalue weighted by Crippen LogP contribution is 2.19. The molecule has 0 radical (unpaired) electrons. The highest BCUT2D eigenvalue weighted by Gasteiger charge is 2.24. The highest BCUT2D eigenvalue weighted by molar-refractivity contribution is 5.39. The van der Waals surface area contributed by atoms with Gasteiger partial charge in [-0.2, -0.15) is 15.0 Å². The van der Waals surface area contributed by atoms with Crippen molar-refractivity contribution in [1.82, 2.24) is 19.9 Å². The second-order valence-electron chi connectivity index (χ2n) is 5.14. The number of nitrogens with one attached hydrogen (secondary N) is 1. The van der Waals surface area contributed by atoms with Crippen molar-refractivity contribution in [1.29, 1.82) is 0 Å². The van der Waals surface area contributed by atoms with Crippen molar-refractivity contribution in [3.8, 4) is 6.01 Å². The van der Waals surface area contributed by atoms with Crippen molar-refractivity contribution < 1.29 is 4.74 Å². The van der Waals surface area contributed by atoms with E-state index in [1.807, 2.05) is 0 Å². The van der Waals surface area contributed by atoms with Gasteiger partial charge in [0, 0.05) is 32.7 Å². The highest BCUT2D eigenvalue weighted by atomic mass is 16.5. The fourth-order valence-electron chi connectivity index (χ4n) is 2.28. The number of hydrogen-bond donors (Lipinski definition) is 1. The fraction of sp³-hybridized carbons (Fsp3) is 0.769. The maximum absolute atomic E-state index is 5.55. The second-order valence-corrected chi connectivity index (χ2v) is 5.14. The summed E-state index contributed by atoms with van der Waals surface area (Å²) in [5.74, 6) is 1.24. The maximum atomic E-state index is 5.55. The summed E-state index contributed by atoms with van der Waals surface area (Å²) in [7, 11) is 3.94. The van der Waals surface area contributed by atoms with Crippen LogP contribution in [0.25, 0.3) is 0 Å². The minimum Gasteiger partial charge on any atom is -0.463 e. The van der Waals surface area contributed by atoms with Crippen molar-refractivity contribution in [2.24, 2.45) is 0 Å². The van der Waals surface area contributed by atoms with Gasteiger partial charge in [-0.3, -0.25) is 0 Å². The molecule has 0 amide bonds. The monoisotopic (exact) mass is 280 g/mol. The summed E-state index contributed by atoms with van der Waals surface area (Å²) >= 11 is 0. The van der Waals surface area contributed by atoms with Gasteiger partial charge in [0.15, 0.2) is 0 Å². The molecule has 1 unspecified atom stereocenters. The van der Waals surface area contributed by atoms with E-state index < -0.39 is 0 Å². The Kier molecular flexibility index (Phi) is 4.94. The van der Waals surface area contributed by atoms with Crippen LogP contribution < -0.4 is 15.0 Å². The Bertz CT molecular complexity index is 441. The minimum absolute atomic E-state index is 0.375. The molecule has 0 spiro atoms. The number of aromatic nitrogens is 3. The van der Waals surface area contributed by atoms with Crippen molar-refractivity contribution >= 4 is 11.9 Å². The molecule has 0 saturated carbocycles. The van der Waals surface area contributed by atoms with E-state index in [0.29, 0.717) is 30.6 Å². The molecule has 2 heterocycles. The van der Waals surface area contributed by atoms with Gasteiger partial charge in [-0.05, 0) is 20.4 Å². The normalized spacial score (nSPS) is 20.0. The summed E-state index contributed by atoms with van der Waals surface area (Å²) in [5.41, 5.74) is 0. The van der Waals surface area contributed by atoms with E-state index >= 15 is 0 Å². The lowest BCUT2D eigenvalue weighted by molar-refractivity contribution is 0.270. The Balaban J connectivity index is 2.21. The Morgan fingerprint density at radius 3 is 2.75 bits per heavy atom. The molecule has 1 atom stereocenters. The summed E-state index contributed by atoms with van der Waals surface area (Å²) in [6.07, 6.45) is 0.931. The average Bonchev–Trinajstić information content (AvgIpc) is 2.44. The molecular weight excluding hydrogens is 256 g/mol. The number of rotatable bonds is 5. The SMILES string of the molecule is CCCOc1nc(NC)nc(N2CCN(C)CC2C)n1. The van der Waals surface area contributed by atoms with E-state index in [4.69, 9.17) is 4.74 Å². The lowest BCUT2D eigenvalue weighted by atomic mass is 10.2. The van der Waals surface area contributed by atoms with Crippen LogP contribution in [0.2, 0.25) is 0 Å². The topological polar surface area (TPSA) is 66.4 Å². The zero-order valence-corrected chi connectivity index (χ0v) is 12.8. The molecule has 2 rings (SSSR count). The van der Waals surface area contributed by atoms with Crippen LogP contribution in [0.15, 0.2) is 0 Å². The number of anilines is 2. The van der Waals surface area contributed by atoms with Crippen LogP contribution in [-0.4, -0.2) is 66.2 Å². The number of nitrogens with zero attached hydrogens (tertiary/aromatic N) is 5. The van der Waals surface area contributed by atoms with Gasteiger partial charge in [0.1, 0.15) is 0 Å². The van der Waals surface area contributed by atoms with E-state index in [9.17, 15) is 0 Å². The zero-order valence-electron chi connectivity index (χ0n) is 12.8. The maximum Gasteiger partial charge on any atom is 0.323 e. The smallest absolute Gasteiger partial charge is 0.323 e. The Labute approximate surface area is 120 Å². The molecule has 20 heavy (non-hydrogen) atoms. The molecule has 1 aromatic heterocycles. The first-order valence-corrected chi connectivity index (χ1v) is 7.15. The minimum atomic E-state index is 0.375. The molecule has 7 heteroatoms. The zero-order chi connectivity index (χ0) is 14.5. The molecule has 1 aliphatic rings. The molecular formula is C13H24N6O. The lowest BCUT2D eigenvalue weighted by Crippen LogP contribution is -2.51. The van der Waals surface area contributed by atoms with Crippen molar-refractivity contribution in [2.45, 2.75) is 26.3 Å². The van der Waals surface area contributed by atoms with Gasteiger partial charge in [-0.15, -0.1) is 0 Å². The number of hydrogen-bond acceptors (Lipinski definition) is 7. The largest absolute Gasteiger partial charge is 0.463 e. The van der Waals surface area contributed by atoms with Crippen LogP contribution >= 0.6 is 0 Å². The third-order valence-corrected chi connectivity index (χ3v) is 3.35. The molecule has 0 aliphatic carbocycles. The van der Waals surface area contributed by atoms with E-state index in [2.05, 4.69) is 51.0 Å². The lowest BCUT2D eigenvalue weighted by Gasteiger charge is -2.38. The molecule has 112 valence electrons. The molecule has 0 aromatic carbocycles. The van der Waals surface area contributed by atoms with Crippen LogP contribution in [0.4, 0.5) is 11.9 Å². The summed E-state index contributed by atoms with van der Waals surface area (Å²) in [4.78, 5) is 17.7. The van der Waals surface area contributed by atoms with Crippen LogP contribution in [0, 0.1) is 0 Å². The average molecular weight is 280 g/mol. The predicted molar refractivity (Wildman–Crippen MR) is 79.5 cm³/mol. The van der Waals surface area contributed by atoms with Gasteiger partial charge < -0.3 is 19.9 Å². The Morgan fingerprint density at radius 2 is 2.10 bits per heavy atom. The predicted octanol–water partition coefficient (Wildman–Crippen LogP) is 0.842. The molecule has 0 bridgehead atoms. The number of likely N-dealkylation sites (N-methyl/N-ethyl adjacent to an activating group) is 1. The molecule has 1 saturated heterocycles. The third-order valence-electron chi connectivity index (χ3n) is 3.35. The van der Waals surface area contributed by atoms with Crippen molar-refractivity contribution in [3.63, 3.8) is 0 Å². The van der Waals surface area contributed by atoms with Crippen LogP contribution in [0.5, 0.6) is 6.01 Å². The van der Waals surface area contributed by atoms with Gasteiger partial charge in [0.2, 0.25) is 11.9 Å². The summed E-state index contributed by atoms with van der Waals surface area (Å²) < 4.78 is 5.55. The van der Waals surface area contributed by atoms with Crippen molar-refractivity contribution in [3.05, 3.63) is 0 Å². The van der Waals surface area contributed by atoms with E-state index in [-0.39, 0.29) is 0 Å². The first-order valence-electron chi connectivity index (χ1n) is 7.15. The van der Waals surface area contributed by atoms with E-state index in [1.165, 1.54) is 0 Å². The van der Waals surface area contributed by atoms with Gasteiger partial charge in [-0.1, -0.05) is 6.92 Å². The standard InChI is InChI=1S/C13H24N6O/c1-5-8-20-13-16-11(14-3)15-12(17-13)19-7-6-18(4)9-10(19)2/h10H,5-9H2,1-4H3,(H,14,15,16,17). The van der Waals surface area contributed by atoms with Gasteiger partial charge in [0.25, 0.3) is 0 Å². The van der Waals surface area contributed by atoms with Gasteiger partial charge >= 0.3 is 6.01 Å². The number of ether oxygens (including phenoxy) is 1. The Morgan fingerprint density at radius 1 is 1.30 bits per heavy atom. The van der Waals surface area contributed by atoms with Crippen LogP contribution in [0.1, 0.15) is 20.3 Å². The fourth-order valence-corrected chi connectivity index (χ4v) is 2.28. The first-order chi connectivity index (χ1) is 9.63. The third kappa shape index (κ3) is 3.47. The number of piperazine rings is 1. The van der Waals surface area contributed by atoms with Crippen molar-refractivity contribution in [2.75, 3.05) is 50.6 Å². The molecule has 1 fully saturated rings. The summed E-state index contributed by atoms with van der Waals surface area (Å²) in [5, 5.41) is 2.97. The van der Waals surface area contributed by atoms with Gasteiger partial charge in [-0.25, -0.2) is 0 Å². The van der Waals surface area contributed by atoms with E-state index in [0.717, 1.165) is 26.1 Å².